The molecule has 0 spiro atoms. The van der Waals surface area contributed by atoms with Crippen molar-refractivity contribution in [3.8, 4) is 0 Å². The lowest BCUT2D eigenvalue weighted by Crippen LogP contribution is -2.31. The first-order valence-electron chi connectivity index (χ1n) is 8.28. The summed E-state index contributed by atoms with van der Waals surface area (Å²) in [6, 6.07) is 12.0. The van der Waals surface area contributed by atoms with Gasteiger partial charge < -0.3 is 5.32 Å². The van der Waals surface area contributed by atoms with Crippen molar-refractivity contribution >= 4 is 0 Å². The summed E-state index contributed by atoms with van der Waals surface area (Å²) in [6.45, 7) is 9.50. The number of rotatable bonds is 3. The molecule has 1 aromatic rings. The summed E-state index contributed by atoms with van der Waals surface area (Å²) < 4.78 is 0. The van der Waals surface area contributed by atoms with E-state index in [1.165, 1.54) is 37.7 Å². The van der Waals surface area contributed by atoms with Crippen LogP contribution in [-0.2, 0) is 0 Å². The van der Waals surface area contributed by atoms with E-state index >= 15 is 0 Å². The highest BCUT2D eigenvalue weighted by molar-refractivity contribution is 5.18. The van der Waals surface area contributed by atoms with E-state index in [0.717, 1.165) is 5.92 Å². The number of benzene rings is 1. The lowest BCUT2D eigenvalue weighted by Gasteiger charge is -2.30. The molecule has 2 rings (SSSR count). The Hall–Kier alpha value is -0.820. The summed E-state index contributed by atoms with van der Waals surface area (Å²) in [4.78, 5) is 0. The third kappa shape index (κ3) is 4.34. The Bertz CT molecular complexity index is 390. The lowest BCUT2D eigenvalue weighted by atomic mass is 9.76. The molecule has 1 aliphatic carbocycles. The molecule has 3 atom stereocenters. The Balaban J connectivity index is 1.88. The number of hydrogen-bond acceptors (Lipinski definition) is 1. The van der Waals surface area contributed by atoms with Gasteiger partial charge in [-0.1, -0.05) is 57.5 Å². The molecule has 1 nitrogen and oxygen atoms in total. The smallest absolute Gasteiger partial charge is 0.0294 e. The molecule has 0 bridgehead atoms. The minimum atomic E-state index is 0.465. The first-order chi connectivity index (χ1) is 9.47. The van der Waals surface area contributed by atoms with Gasteiger partial charge in [0, 0.05) is 12.1 Å². The maximum Gasteiger partial charge on any atom is 0.0294 e. The molecule has 0 saturated heterocycles. The van der Waals surface area contributed by atoms with E-state index in [-0.39, 0.29) is 0 Å². The largest absolute Gasteiger partial charge is 0.307 e. The van der Waals surface area contributed by atoms with Gasteiger partial charge in [0.15, 0.2) is 0 Å². The van der Waals surface area contributed by atoms with E-state index in [4.69, 9.17) is 0 Å². The fraction of sp³-hybridized carbons (Fsp3) is 0.684. The fourth-order valence-corrected chi connectivity index (χ4v) is 3.53. The van der Waals surface area contributed by atoms with Crippen LogP contribution in [0.4, 0.5) is 0 Å². The van der Waals surface area contributed by atoms with Crippen molar-refractivity contribution in [2.24, 2.45) is 11.3 Å². The van der Waals surface area contributed by atoms with E-state index in [0.29, 0.717) is 17.5 Å². The maximum absolute atomic E-state index is 3.85. The van der Waals surface area contributed by atoms with Crippen LogP contribution in [-0.4, -0.2) is 6.04 Å². The molecule has 1 aliphatic rings. The minimum absolute atomic E-state index is 0.465. The average Bonchev–Trinajstić information content (AvgIpc) is 2.65. The Morgan fingerprint density at radius 1 is 1.00 bits per heavy atom. The van der Waals surface area contributed by atoms with Gasteiger partial charge in [-0.05, 0) is 49.5 Å². The molecule has 1 heteroatoms. The topological polar surface area (TPSA) is 12.0 Å². The average molecular weight is 273 g/mol. The predicted octanol–water partition coefficient (Wildman–Crippen LogP) is 5.33. The SMILES string of the molecule is CC(NC1CCCC(C(C)(C)C)CC1)c1ccccc1. The van der Waals surface area contributed by atoms with Gasteiger partial charge in [0.25, 0.3) is 0 Å². The summed E-state index contributed by atoms with van der Waals surface area (Å²) in [5, 5.41) is 3.85. The Morgan fingerprint density at radius 3 is 2.35 bits per heavy atom. The molecule has 1 fully saturated rings. The zero-order chi connectivity index (χ0) is 14.6. The standard InChI is InChI=1S/C19H31N/c1-15(16-9-6-5-7-10-16)20-18-12-8-11-17(13-14-18)19(2,3)4/h5-7,9-10,15,17-18,20H,8,11-14H2,1-4H3. The van der Waals surface area contributed by atoms with Crippen LogP contribution < -0.4 is 5.32 Å². The molecule has 0 heterocycles. The van der Waals surface area contributed by atoms with E-state index in [1.807, 2.05) is 0 Å². The van der Waals surface area contributed by atoms with Crippen LogP contribution in [0.15, 0.2) is 30.3 Å². The third-order valence-corrected chi connectivity index (χ3v) is 4.98. The van der Waals surface area contributed by atoms with Gasteiger partial charge in [0.1, 0.15) is 0 Å². The zero-order valence-electron chi connectivity index (χ0n) is 13.7. The van der Waals surface area contributed by atoms with Gasteiger partial charge in [-0.3, -0.25) is 0 Å². The highest BCUT2D eigenvalue weighted by atomic mass is 14.9. The van der Waals surface area contributed by atoms with Crippen molar-refractivity contribution in [2.75, 3.05) is 0 Å². The normalized spacial score (nSPS) is 26.0. The first-order valence-corrected chi connectivity index (χ1v) is 8.28. The van der Waals surface area contributed by atoms with Crippen molar-refractivity contribution in [1.82, 2.24) is 5.32 Å². The van der Waals surface area contributed by atoms with E-state index in [9.17, 15) is 0 Å². The molecule has 1 saturated carbocycles. The molecule has 20 heavy (non-hydrogen) atoms. The van der Waals surface area contributed by atoms with Crippen molar-refractivity contribution in [3.63, 3.8) is 0 Å². The van der Waals surface area contributed by atoms with Crippen molar-refractivity contribution in [2.45, 2.75) is 71.9 Å². The van der Waals surface area contributed by atoms with Gasteiger partial charge in [0.05, 0.1) is 0 Å². The monoisotopic (exact) mass is 273 g/mol. The van der Waals surface area contributed by atoms with Gasteiger partial charge >= 0.3 is 0 Å². The van der Waals surface area contributed by atoms with Gasteiger partial charge in [-0.25, -0.2) is 0 Å². The van der Waals surface area contributed by atoms with Crippen LogP contribution in [0.5, 0.6) is 0 Å². The Labute approximate surface area is 125 Å². The second-order valence-corrected chi connectivity index (χ2v) is 7.57. The van der Waals surface area contributed by atoms with Gasteiger partial charge in [-0.2, -0.15) is 0 Å². The molecule has 1 N–H and O–H groups in total. The quantitative estimate of drug-likeness (QED) is 0.734. The minimum Gasteiger partial charge on any atom is -0.307 e. The molecule has 0 amide bonds. The maximum atomic E-state index is 3.85. The van der Waals surface area contributed by atoms with E-state index in [2.05, 4.69) is 63.3 Å². The Morgan fingerprint density at radius 2 is 1.70 bits per heavy atom. The predicted molar refractivity (Wildman–Crippen MR) is 87.8 cm³/mol. The zero-order valence-corrected chi connectivity index (χ0v) is 13.7. The van der Waals surface area contributed by atoms with Crippen LogP contribution >= 0.6 is 0 Å². The van der Waals surface area contributed by atoms with E-state index < -0.39 is 0 Å². The van der Waals surface area contributed by atoms with E-state index in [1.54, 1.807) is 0 Å². The molecular formula is C19H31N. The molecule has 0 radical (unpaired) electrons. The first kappa shape index (κ1) is 15.6. The second-order valence-electron chi connectivity index (χ2n) is 7.57. The van der Waals surface area contributed by atoms with Crippen LogP contribution in [0.2, 0.25) is 0 Å². The number of nitrogens with one attached hydrogen (secondary N) is 1. The van der Waals surface area contributed by atoms with Crippen LogP contribution in [0, 0.1) is 11.3 Å². The molecule has 112 valence electrons. The number of hydrogen-bond donors (Lipinski definition) is 1. The Kier molecular flexibility index (Phi) is 5.26. The van der Waals surface area contributed by atoms with Crippen LogP contribution in [0.3, 0.4) is 0 Å². The summed E-state index contributed by atoms with van der Waals surface area (Å²) >= 11 is 0. The lowest BCUT2D eigenvalue weighted by molar-refractivity contribution is 0.213. The van der Waals surface area contributed by atoms with Crippen molar-refractivity contribution < 1.29 is 0 Å². The summed E-state index contributed by atoms with van der Waals surface area (Å²) in [5.74, 6) is 0.890. The molecule has 0 aliphatic heterocycles. The highest BCUT2D eigenvalue weighted by Crippen LogP contribution is 2.37. The summed E-state index contributed by atoms with van der Waals surface area (Å²) in [5.41, 5.74) is 1.88. The van der Waals surface area contributed by atoms with Gasteiger partial charge in [-0.15, -0.1) is 0 Å². The summed E-state index contributed by atoms with van der Waals surface area (Å²) in [6.07, 6.45) is 6.83. The molecular weight excluding hydrogens is 242 g/mol. The van der Waals surface area contributed by atoms with Crippen LogP contribution in [0.25, 0.3) is 0 Å². The third-order valence-electron chi connectivity index (χ3n) is 4.98. The van der Waals surface area contributed by atoms with Crippen molar-refractivity contribution in [3.05, 3.63) is 35.9 Å². The second kappa shape index (κ2) is 6.76. The van der Waals surface area contributed by atoms with Crippen molar-refractivity contribution in [1.29, 1.82) is 0 Å². The van der Waals surface area contributed by atoms with Gasteiger partial charge in [0.2, 0.25) is 0 Å². The highest BCUT2D eigenvalue weighted by Gasteiger charge is 2.28. The molecule has 3 unspecified atom stereocenters. The van der Waals surface area contributed by atoms with Crippen LogP contribution in [0.1, 0.15) is 71.4 Å². The molecule has 1 aromatic carbocycles. The molecule has 0 aromatic heterocycles. The summed E-state index contributed by atoms with van der Waals surface area (Å²) in [7, 11) is 0. The fourth-order valence-electron chi connectivity index (χ4n) is 3.53.